The summed E-state index contributed by atoms with van der Waals surface area (Å²) in [5.74, 6) is -1.11. The van der Waals surface area contributed by atoms with Gasteiger partial charge in [-0.1, -0.05) is 40.2 Å². The van der Waals surface area contributed by atoms with Gasteiger partial charge in [0.15, 0.2) is 11.7 Å². The fraction of sp³-hybridized carbons (Fsp3) is 0.0625. The highest BCUT2D eigenvalue weighted by molar-refractivity contribution is 9.10. The van der Waals surface area contributed by atoms with Crippen LogP contribution in [0.2, 0.25) is 0 Å². The normalized spacial score (nSPS) is 11.8. The van der Waals surface area contributed by atoms with Gasteiger partial charge in [-0.3, -0.25) is 4.79 Å². The van der Waals surface area contributed by atoms with Gasteiger partial charge in [0.05, 0.1) is 16.6 Å². The van der Waals surface area contributed by atoms with Crippen molar-refractivity contribution in [2.45, 2.75) is 5.92 Å². The van der Waals surface area contributed by atoms with Crippen molar-refractivity contribution in [3.63, 3.8) is 0 Å². The summed E-state index contributed by atoms with van der Waals surface area (Å²) in [7, 11) is 0. The van der Waals surface area contributed by atoms with E-state index < -0.39 is 5.92 Å². The largest absolute Gasteiger partial charge is 0.292 e. The second kappa shape index (κ2) is 6.53. The van der Waals surface area contributed by atoms with Crippen molar-refractivity contribution in [3.8, 4) is 16.6 Å². The average molecular weight is 389 g/mol. The molecule has 3 nitrogen and oxygen atoms in total. The summed E-state index contributed by atoms with van der Waals surface area (Å²) in [6.45, 7) is 0. The molecule has 0 aliphatic rings. The van der Waals surface area contributed by atoms with Crippen molar-refractivity contribution in [3.05, 3.63) is 62.2 Å². The zero-order chi connectivity index (χ0) is 15.5. The Hall–Kier alpha value is -1.81. The van der Waals surface area contributed by atoms with Gasteiger partial charge in [-0.05, 0) is 17.5 Å². The predicted molar refractivity (Wildman–Crippen MR) is 92.3 cm³/mol. The van der Waals surface area contributed by atoms with Crippen LogP contribution in [0.3, 0.4) is 0 Å². The number of benzene rings is 1. The number of halogens is 1. The monoisotopic (exact) mass is 388 g/mol. The Kier molecular flexibility index (Phi) is 4.48. The molecule has 0 amide bonds. The molecule has 0 saturated carbocycles. The summed E-state index contributed by atoms with van der Waals surface area (Å²) >= 11 is 6.29. The van der Waals surface area contributed by atoms with Crippen LogP contribution >= 0.6 is 38.6 Å². The van der Waals surface area contributed by atoms with E-state index in [1.54, 1.807) is 29.5 Å². The second-order valence-electron chi connectivity index (χ2n) is 4.45. The molecule has 0 fully saturated rings. The smallest absolute Gasteiger partial charge is 0.188 e. The molecule has 0 aliphatic heterocycles. The van der Waals surface area contributed by atoms with Crippen molar-refractivity contribution < 1.29 is 4.79 Å². The first-order chi connectivity index (χ1) is 10.7. The molecule has 1 atom stereocenters. The first kappa shape index (κ1) is 15.1. The van der Waals surface area contributed by atoms with Crippen LogP contribution < -0.4 is 0 Å². The molecule has 1 aromatic carbocycles. The van der Waals surface area contributed by atoms with Gasteiger partial charge in [0, 0.05) is 15.4 Å². The Labute approximate surface area is 144 Å². The molecule has 6 heteroatoms. The van der Waals surface area contributed by atoms with Crippen LogP contribution in [0, 0.1) is 11.3 Å². The van der Waals surface area contributed by atoms with Gasteiger partial charge < -0.3 is 0 Å². The van der Waals surface area contributed by atoms with Crippen molar-refractivity contribution >= 4 is 44.4 Å². The van der Waals surface area contributed by atoms with E-state index in [1.165, 1.54) is 11.3 Å². The molecule has 0 spiro atoms. The van der Waals surface area contributed by atoms with E-state index in [0.29, 0.717) is 15.0 Å². The molecule has 108 valence electrons. The lowest BCUT2D eigenvalue weighted by atomic mass is 9.99. The minimum Gasteiger partial charge on any atom is -0.292 e. The first-order valence-electron chi connectivity index (χ1n) is 6.38. The number of carbonyl (C=O) groups excluding carboxylic acids is 1. The lowest BCUT2D eigenvalue weighted by molar-refractivity contribution is 0.0978. The Balaban J connectivity index is 1.94. The Morgan fingerprint density at radius 3 is 2.73 bits per heavy atom. The minimum atomic E-state index is -0.877. The van der Waals surface area contributed by atoms with Crippen LogP contribution in [0.4, 0.5) is 0 Å². The summed E-state index contributed by atoms with van der Waals surface area (Å²) in [5, 5.41) is 13.8. The van der Waals surface area contributed by atoms with Crippen molar-refractivity contribution in [1.82, 2.24) is 4.98 Å². The van der Waals surface area contributed by atoms with E-state index in [1.807, 2.05) is 29.0 Å². The molecule has 1 unspecified atom stereocenters. The molecule has 0 radical (unpaired) electrons. The molecule has 22 heavy (non-hydrogen) atoms. The van der Waals surface area contributed by atoms with Crippen LogP contribution in [0.15, 0.2) is 51.6 Å². The summed E-state index contributed by atoms with van der Waals surface area (Å²) in [4.78, 5) is 18.1. The molecule has 3 aromatic rings. The molecule has 2 aromatic heterocycles. The Morgan fingerprint density at radius 2 is 2.05 bits per heavy atom. The number of nitrogens with zero attached hydrogens (tertiary/aromatic N) is 2. The zero-order valence-corrected chi connectivity index (χ0v) is 14.4. The molecule has 3 rings (SSSR count). The number of aromatic nitrogens is 1. The average Bonchev–Trinajstić information content (AvgIpc) is 3.19. The minimum absolute atomic E-state index is 0.234. The van der Waals surface area contributed by atoms with Gasteiger partial charge in [-0.2, -0.15) is 5.26 Å². The van der Waals surface area contributed by atoms with Gasteiger partial charge in [0.1, 0.15) is 5.01 Å². The van der Waals surface area contributed by atoms with Crippen LogP contribution in [0.5, 0.6) is 0 Å². The highest BCUT2D eigenvalue weighted by Gasteiger charge is 2.26. The highest BCUT2D eigenvalue weighted by atomic mass is 79.9. The molecule has 0 saturated heterocycles. The molecule has 0 aliphatic carbocycles. The number of hydrogen-bond acceptors (Lipinski definition) is 5. The molecular weight excluding hydrogens is 380 g/mol. The summed E-state index contributed by atoms with van der Waals surface area (Å²) in [6.07, 6.45) is 0. The van der Waals surface area contributed by atoms with Gasteiger partial charge >= 0.3 is 0 Å². The van der Waals surface area contributed by atoms with Crippen LogP contribution in [0.1, 0.15) is 21.3 Å². The predicted octanol–water partition coefficient (Wildman–Crippen LogP) is 5.12. The van der Waals surface area contributed by atoms with Crippen LogP contribution in [0.25, 0.3) is 10.6 Å². The van der Waals surface area contributed by atoms with E-state index in [9.17, 15) is 10.1 Å². The van der Waals surface area contributed by atoms with Crippen molar-refractivity contribution in [1.29, 1.82) is 5.26 Å². The van der Waals surface area contributed by atoms with Crippen molar-refractivity contribution in [2.24, 2.45) is 0 Å². The standard InChI is InChI=1S/C16H9BrN2OS2/c17-12-5-2-1-4-10(12)15(20)11(8-18)16-19-13(9-22-16)14-6-3-7-21-14/h1-7,9,11H. The number of rotatable bonds is 4. The number of carbonyl (C=O) groups is 1. The summed E-state index contributed by atoms with van der Waals surface area (Å²) < 4.78 is 0.690. The topological polar surface area (TPSA) is 53.8 Å². The number of hydrogen-bond donors (Lipinski definition) is 0. The number of nitriles is 1. The number of ketones is 1. The van der Waals surface area contributed by atoms with Gasteiger partial charge in [0.25, 0.3) is 0 Å². The van der Waals surface area contributed by atoms with E-state index in [4.69, 9.17) is 0 Å². The van der Waals surface area contributed by atoms with Gasteiger partial charge in [-0.25, -0.2) is 4.98 Å². The van der Waals surface area contributed by atoms with Crippen LogP contribution in [-0.2, 0) is 0 Å². The zero-order valence-electron chi connectivity index (χ0n) is 11.2. The highest BCUT2D eigenvalue weighted by Crippen LogP contribution is 2.31. The third-order valence-electron chi connectivity index (χ3n) is 3.07. The molecular formula is C16H9BrN2OS2. The van der Waals surface area contributed by atoms with E-state index in [-0.39, 0.29) is 5.78 Å². The fourth-order valence-electron chi connectivity index (χ4n) is 2.00. The van der Waals surface area contributed by atoms with E-state index >= 15 is 0 Å². The number of thiophene rings is 1. The molecule has 2 heterocycles. The maximum atomic E-state index is 12.6. The van der Waals surface area contributed by atoms with Crippen molar-refractivity contribution in [2.75, 3.05) is 0 Å². The Bertz CT molecular complexity index is 849. The van der Waals surface area contributed by atoms with E-state index in [2.05, 4.69) is 27.0 Å². The van der Waals surface area contributed by atoms with Gasteiger partial charge in [-0.15, -0.1) is 22.7 Å². The lowest BCUT2D eigenvalue weighted by Crippen LogP contribution is -2.11. The Morgan fingerprint density at radius 1 is 1.23 bits per heavy atom. The second-order valence-corrected chi connectivity index (χ2v) is 7.15. The maximum absolute atomic E-state index is 12.6. The fourth-order valence-corrected chi connectivity index (χ4v) is 4.10. The molecule has 0 bridgehead atoms. The number of thiazole rings is 1. The summed E-state index contributed by atoms with van der Waals surface area (Å²) in [5.41, 5.74) is 1.32. The van der Waals surface area contributed by atoms with E-state index in [0.717, 1.165) is 10.6 Å². The maximum Gasteiger partial charge on any atom is 0.188 e. The third kappa shape index (κ3) is 2.88. The third-order valence-corrected chi connectivity index (χ3v) is 5.57. The number of Topliss-reactive ketones (excluding diaryl/α,β-unsaturated/α-hetero) is 1. The summed E-state index contributed by atoms with van der Waals surface area (Å²) in [6, 6.07) is 13.1. The van der Waals surface area contributed by atoms with Gasteiger partial charge in [0.2, 0.25) is 0 Å². The molecule has 0 N–H and O–H groups in total. The van der Waals surface area contributed by atoms with Crippen LogP contribution in [-0.4, -0.2) is 10.8 Å². The SMILES string of the molecule is N#CC(C(=O)c1ccccc1Br)c1nc(-c2cccs2)cs1. The first-order valence-corrected chi connectivity index (χ1v) is 8.93. The lowest BCUT2D eigenvalue weighted by Gasteiger charge is -2.06. The quantitative estimate of drug-likeness (QED) is 0.582.